The van der Waals surface area contributed by atoms with Crippen molar-refractivity contribution in [3.63, 3.8) is 0 Å². The molecule has 0 radical (unpaired) electrons. The van der Waals surface area contributed by atoms with E-state index in [-0.39, 0.29) is 0 Å². The monoisotopic (exact) mass is 256 g/mol. The summed E-state index contributed by atoms with van der Waals surface area (Å²) < 4.78 is 0. The Bertz CT molecular complexity index is 491. The summed E-state index contributed by atoms with van der Waals surface area (Å²) in [4.78, 5) is 0. The Morgan fingerprint density at radius 1 is 0.889 bits per heavy atom. The molecule has 0 N–H and O–H groups in total. The van der Waals surface area contributed by atoms with E-state index in [0.29, 0.717) is 0 Å². The van der Waals surface area contributed by atoms with E-state index in [1.54, 1.807) is 5.30 Å². The van der Waals surface area contributed by atoms with Gasteiger partial charge < -0.3 is 0 Å². The highest BCUT2D eigenvalue weighted by atomic mass is 31.1. The number of aryl methyl sites for hydroxylation is 4. The molecule has 2 rings (SSSR count). The van der Waals surface area contributed by atoms with Gasteiger partial charge in [0.2, 0.25) is 0 Å². The van der Waals surface area contributed by atoms with Gasteiger partial charge in [-0.05, 0) is 55.3 Å². The van der Waals surface area contributed by atoms with Gasteiger partial charge in [0, 0.05) is 0 Å². The molecule has 0 spiro atoms. The van der Waals surface area contributed by atoms with Crippen LogP contribution in [0.1, 0.15) is 22.3 Å². The van der Waals surface area contributed by atoms with Crippen LogP contribution >= 0.6 is 8.58 Å². The zero-order valence-electron chi connectivity index (χ0n) is 11.5. The van der Waals surface area contributed by atoms with Gasteiger partial charge in [-0.15, -0.1) is 0 Å². The van der Waals surface area contributed by atoms with E-state index in [1.165, 1.54) is 34.8 Å². The van der Waals surface area contributed by atoms with Crippen LogP contribution < -0.4 is 5.30 Å². The van der Waals surface area contributed by atoms with E-state index in [9.17, 15) is 0 Å². The fourth-order valence-electron chi connectivity index (χ4n) is 2.44. The van der Waals surface area contributed by atoms with Gasteiger partial charge in [-0.3, -0.25) is 0 Å². The maximum Gasteiger partial charge on any atom is -0.0213 e. The molecule has 0 amide bonds. The average Bonchev–Trinajstić information content (AvgIpc) is 2.34. The van der Waals surface area contributed by atoms with Gasteiger partial charge in [0.1, 0.15) is 0 Å². The maximum atomic E-state index is 2.30. The van der Waals surface area contributed by atoms with Crippen molar-refractivity contribution in [3.05, 3.63) is 64.7 Å². The second kappa shape index (κ2) is 6.16. The van der Waals surface area contributed by atoms with Crippen LogP contribution in [0.25, 0.3) is 0 Å². The zero-order valence-corrected chi connectivity index (χ0v) is 12.5. The topological polar surface area (TPSA) is 0 Å². The van der Waals surface area contributed by atoms with Gasteiger partial charge in [0.15, 0.2) is 0 Å². The molecule has 0 aliphatic carbocycles. The van der Waals surface area contributed by atoms with Crippen molar-refractivity contribution in [2.75, 3.05) is 6.16 Å². The third-order valence-electron chi connectivity index (χ3n) is 3.24. The van der Waals surface area contributed by atoms with Crippen LogP contribution in [-0.4, -0.2) is 6.16 Å². The van der Waals surface area contributed by atoms with Crippen molar-refractivity contribution in [1.82, 2.24) is 0 Å². The van der Waals surface area contributed by atoms with Gasteiger partial charge in [0.05, 0.1) is 0 Å². The molecule has 1 heteroatoms. The minimum Gasteiger partial charge on any atom is -0.0895 e. The molecule has 94 valence electrons. The van der Waals surface area contributed by atoms with Crippen molar-refractivity contribution in [2.24, 2.45) is 0 Å². The van der Waals surface area contributed by atoms with Gasteiger partial charge >= 0.3 is 0 Å². The quantitative estimate of drug-likeness (QED) is 0.721. The SMILES string of the molecule is Cc1cc(C)c(PCCc2ccccc2)c(C)c1. The first-order valence-electron chi connectivity index (χ1n) is 6.52. The van der Waals surface area contributed by atoms with Gasteiger partial charge in [-0.1, -0.05) is 56.6 Å². The maximum absolute atomic E-state index is 2.30. The smallest absolute Gasteiger partial charge is 0.0213 e. The molecule has 1 atom stereocenters. The lowest BCUT2D eigenvalue weighted by Crippen LogP contribution is -2.07. The lowest BCUT2D eigenvalue weighted by atomic mass is 10.1. The summed E-state index contributed by atoms with van der Waals surface area (Å²) in [6, 6.07) is 15.4. The first-order chi connectivity index (χ1) is 8.66. The van der Waals surface area contributed by atoms with E-state index < -0.39 is 0 Å². The zero-order chi connectivity index (χ0) is 13.0. The van der Waals surface area contributed by atoms with Crippen LogP contribution in [-0.2, 0) is 6.42 Å². The summed E-state index contributed by atoms with van der Waals surface area (Å²) in [5.74, 6) is 0. The number of hydrogen-bond acceptors (Lipinski definition) is 0. The molecule has 0 heterocycles. The number of rotatable bonds is 4. The van der Waals surface area contributed by atoms with E-state index in [2.05, 4.69) is 63.2 Å². The van der Waals surface area contributed by atoms with Crippen molar-refractivity contribution < 1.29 is 0 Å². The summed E-state index contributed by atoms with van der Waals surface area (Å²) >= 11 is 0. The Kier molecular flexibility index (Phi) is 4.55. The van der Waals surface area contributed by atoms with Crippen LogP contribution in [0.4, 0.5) is 0 Å². The molecule has 0 aliphatic rings. The van der Waals surface area contributed by atoms with Crippen molar-refractivity contribution in [3.8, 4) is 0 Å². The molecular weight excluding hydrogens is 235 g/mol. The third kappa shape index (κ3) is 3.43. The van der Waals surface area contributed by atoms with Crippen LogP contribution in [0.15, 0.2) is 42.5 Å². The van der Waals surface area contributed by atoms with E-state index in [1.807, 2.05) is 0 Å². The minimum absolute atomic E-state index is 0.924. The van der Waals surface area contributed by atoms with E-state index in [4.69, 9.17) is 0 Å². The summed E-state index contributed by atoms with van der Waals surface area (Å²) in [6.45, 7) is 6.66. The highest BCUT2D eigenvalue weighted by Crippen LogP contribution is 2.19. The van der Waals surface area contributed by atoms with E-state index >= 15 is 0 Å². The molecule has 0 saturated carbocycles. The van der Waals surface area contributed by atoms with Gasteiger partial charge in [0.25, 0.3) is 0 Å². The molecule has 2 aromatic carbocycles. The number of benzene rings is 2. The fourth-order valence-corrected chi connectivity index (χ4v) is 3.80. The molecule has 2 aromatic rings. The molecule has 1 unspecified atom stereocenters. The van der Waals surface area contributed by atoms with Crippen molar-refractivity contribution >= 4 is 13.9 Å². The Morgan fingerprint density at radius 3 is 2.11 bits per heavy atom. The predicted molar refractivity (Wildman–Crippen MR) is 83.6 cm³/mol. The fraction of sp³-hybridized carbons (Fsp3) is 0.294. The molecule has 18 heavy (non-hydrogen) atoms. The molecule has 0 nitrogen and oxygen atoms in total. The molecule has 0 bridgehead atoms. The molecule has 0 fully saturated rings. The Hall–Kier alpha value is -1.13. The van der Waals surface area contributed by atoms with Crippen molar-refractivity contribution in [1.29, 1.82) is 0 Å². The number of hydrogen-bond donors (Lipinski definition) is 0. The van der Waals surface area contributed by atoms with E-state index in [0.717, 1.165) is 8.58 Å². The van der Waals surface area contributed by atoms with Crippen LogP contribution in [0.3, 0.4) is 0 Å². The summed E-state index contributed by atoms with van der Waals surface area (Å²) in [7, 11) is 0.924. The summed E-state index contributed by atoms with van der Waals surface area (Å²) in [5, 5.41) is 1.57. The standard InChI is InChI=1S/C17H21P/c1-13-11-14(2)17(15(3)12-13)18-10-9-16-7-5-4-6-8-16/h4-8,11-12,18H,9-10H2,1-3H3. The van der Waals surface area contributed by atoms with Crippen LogP contribution in [0.2, 0.25) is 0 Å². The normalized spacial score (nSPS) is 11.3. The van der Waals surface area contributed by atoms with Crippen molar-refractivity contribution in [2.45, 2.75) is 27.2 Å². The van der Waals surface area contributed by atoms with Gasteiger partial charge in [-0.25, -0.2) is 0 Å². The average molecular weight is 256 g/mol. The minimum atomic E-state index is 0.924. The highest BCUT2D eigenvalue weighted by molar-refractivity contribution is 7.47. The third-order valence-corrected chi connectivity index (χ3v) is 4.88. The molecular formula is C17H21P. The Morgan fingerprint density at radius 2 is 1.50 bits per heavy atom. The first kappa shape index (κ1) is 13.3. The second-order valence-corrected chi connectivity index (χ2v) is 6.29. The summed E-state index contributed by atoms with van der Waals surface area (Å²) in [6.07, 6.45) is 2.45. The highest BCUT2D eigenvalue weighted by Gasteiger charge is 2.03. The first-order valence-corrected chi connectivity index (χ1v) is 7.73. The predicted octanol–water partition coefficient (Wildman–Crippen LogP) is 4.16. The largest absolute Gasteiger partial charge is 0.0895 e. The second-order valence-electron chi connectivity index (χ2n) is 4.94. The Labute approximate surface area is 112 Å². The van der Waals surface area contributed by atoms with Crippen LogP contribution in [0, 0.1) is 20.8 Å². The lowest BCUT2D eigenvalue weighted by Gasteiger charge is -2.11. The Balaban J connectivity index is 1.99. The molecule has 0 aromatic heterocycles. The summed E-state index contributed by atoms with van der Waals surface area (Å²) in [5.41, 5.74) is 5.74. The van der Waals surface area contributed by atoms with Crippen LogP contribution in [0.5, 0.6) is 0 Å². The molecule has 0 saturated heterocycles. The lowest BCUT2D eigenvalue weighted by molar-refractivity contribution is 1.15. The van der Waals surface area contributed by atoms with Gasteiger partial charge in [-0.2, -0.15) is 0 Å². The molecule has 0 aliphatic heterocycles.